The van der Waals surface area contributed by atoms with Crippen LogP contribution in [0.4, 0.5) is 0 Å². The number of hydrogen-bond acceptors (Lipinski definition) is 2. The van der Waals surface area contributed by atoms with E-state index in [0.29, 0.717) is 0 Å². The van der Waals surface area contributed by atoms with E-state index in [1.807, 2.05) is 12.4 Å². The highest BCUT2D eigenvalue weighted by Gasteiger charge is 2.21. The lowest BCUT2D eigenvalue weighted by atomic mass is 9.82. The van der Waals surface area contributed by atoms with Gasteiger partial charge in [-0.2, -0.15) is 0 Å². The summed E-state index contributed by atoms with van der Waals surface area (Å²) in [5, 5.41) is 7.22. The van der Waals surface area contributed by atoms with Gasteiger partial charge in [0, 0.05) is 45.1 Å². The van der Waals surface area contributed by atoms with Gasteiger partial charge in [-0.15, -0.1) is 0 Å². The molecule has 0 aliphatic rings. The highest BCUT2D eigenvalue weighted by molar-refractivity contribution is 6.12. The minimum atomic E-state index is -0.000284. The molecule has 0 spiro atoms. The average Bonchev–Trinajstić information content (AvgIpc) is 2.99. The second-order valence-electron chi connectivity index (χ2n) is 13.6. The maximum atomic E-state index is 5.03. The van der Waals surface area contributed by atoms with Crippen LogP contribution in [0.5, 0.6) is 0 Å². The summed E-state index contributed by atoms with van der Waals surface area (Å²) in [7, 11) is 0. The normalized spacial score (nSPS) is 12.5. The topological polar surface area (TPSA) is 25.8 Å². The van der Waals surface area contributed by atoms with Crippen molar-refractivity contribution in [1.29, 1.82) is 0 Å². The van der Waals surface area contributed by atoms with E-state index in [9.17, 15) is 0 Å². The zero-order chi connectivity index (χ0) is 29.2. The van der Waals surface area contributed by atoms with Gasteiger partial charge in [0.05, 0.1) is 11.0 Å². The van der Waals surface area contributed by atoms with Gasteiger partial charge in [0.25, 0.3) is 0 Å². The van der Waals surface area contributed by atoms with Crippen molar-refractivity contribution in [3.05, 3.63) is 121 Å². The molecule has 2 nitrogen and oxygen atoms in total. The first-order chi connectivity index (χ1) is 20.1. The Balaban J connectivity index is 1.51. The maximum absolute atomic E-state index is 5.03. The Morgan fingerprint density at radius 1 is 0.429 bits per heavy atom. The number of rotatable bonds is 2. The van der Waals surface area contributed by atoms with E-state index in [2.05, 4.69) is 139 Å². The van der Waals surface area contributed by atoms with E-state index < -0.39 is 0 Å². The van der Waals surface area contributed by atoms with Gasteiger partial charge in [0.15, 0.2) is 0 Å². The van der Waals surface area contributed by atoms with Crippen LogP contribution < -0.4 is 0 Å². The molecule has 2 heterocycles. The third-order valence-corrected chi connectivity index (χ3v) is 8.60. The zero-order valence-electron chi connectivity index (χ0n) is 25.3. The van der Waals surface area contributed by atoms with Crippen molar-refractivity contribution in [2.75, 3.05) is 0 Å². The molecule has 0 aliphatic carbocycles. The third-order valence-electron chi connectivity index (χ3n) is 8.60. The number of aromatic nitrogens is 2. The molecular formula is C40H36N2. The van der Waals surface area contributed by atoms with E-state index in [1.165, 1.54) is 65.7 Å². The van der Waals surface area contributed by atoms with Gasteiger partial charge in [-0.25, -0.2) is 0 Å². The van der Waals surface area contributed by atoms with Crippen LogP contribution in [0.15, 0.2) is 109 Å². The SMILES string of the molecule is CC(C)(C)c1cc(-c2cccc(-c3cc(C(C)(C)C)cc4c3ncc3ccccc34)c2)c2ncc3ccccc3c2c1. The van der Waals surface area contributed by atoms with Crippen LogP contribution in [-0.4, -0.2) is 9.97 Å². The van der Waals surface area contributed by atoms with Gasteiger partial charge in [-0.3, -0.25) is 9.97 Å². The van der Waals surface area contributed by atoms with Gasteiger partial charge in [0.1, 0.15) is 0 Å². The Morgan fingerprint density at radius 2 is 0.857 bits per heavy atom. The minimum absolute atomic E-state index is 0.000284. The molecule has 2 heteroatoms. The first-order valence-electron chi connectivity index (χ1n) is 14.8. The Hall–Kier alpha value is -4.56. The molecule has 7 aromatic rings. The maximum Gasteiger partial charge on any atom is 0.0786 e. The highest BCUT2D eigenvalue weighted by Crippen LogP contribution is 2.40. The van der Waals surface area contributed by atoms with Crippen molar-refractivity contribution in [3.8, 4) is 22.3 Å². The molecule has 42 heavy (non-hydrogen) atoms. The van der Waals surface area contributed by atoms with Crippen molar-refractivity contribution in [2.24, 2.45) is 0 Å². The van der Waals surface area contributed by atoms with E-state index in [4.69, 9.17) is 9.97 Å². The lowest BCUT2D eigenvalue weighted by Crippen LogP contribution is -2.11. The summed E-state index contributed by atoms with van der Waals surface area (Å²) in [4.78, 5) is 10.1. The molecule has 0 radical (unpaired) electrons. The number of hydrogen-bond donors (Lipinski definition) is 0. The quantitative estimate of drug-likeness (QED) is 0.202. The van der Waals surface area contributed by atoms with Crippen molar-refractivity contribution < 1.29 is 0 Å². The second-order valence-corrected chi connectivity index (χ2v) is 13.6. The Labute approximate surface area is 248 Å². The van der Waals surface area contributed by atoms with E-state index >= 15 is 0 Å². The van der Waals surface area contributed by atoms with Crippen molar-refractivity contribution in [1.82, 2.24) is 9.97 Å². The summed E-state index contributed by atoms with van der Waals surface area (Å²) in [6.07, 6.45) is 4.02. The smallest absolute Gasteiger partial charge is 0.0786 e. The van der Waals surface area contributed by atoms with E-state index in [1.54, 1.807) is 0 Å². The molecule has 7 rings (SSSR count). The second kappa shape index (κ2) is 9.49. The third kappa shape index (κ3) is 4.43. The van der Waals surface area contributed by atoms with Crippen molar-refractivity contribution in [3.63, 3.8) is 0 Å². The van der Waals surface area contributed by atoms with Crippen LogP contribution >= 0.6 is 0 Å². The van der Waals surface area contributed by atoms with Crippen molar-refractivity contribution in [2.45, 2.75) is 52.4 Å². The minimum Gasteiger partial charge on any atom is -0.255 e. The fraction of sp³-hybridized carbons (Fsp3) is 0.200. The molecule has 0 amide bonds. The number of fused-ring (bicyclic) bond motifs is 6. The van der Waals surface area contributed by atoms with E-state index in [-0.39, 0.29) is 10.8 Å². The first kappa shape index (κ1) is 26.3. The van der Waals surface area contributed by atoms with Gasteiger partial charge < -0.3 is 0 Å². The summed E-state index contributed by atoms with van der Waals surface area (Å²) >= 11 is 0. The molecule has 2 aromatic heterocycles. The first-order valence-corrected chi connectivity index (χ1v) is 14.8. The predicted octanol–water partition coefficient (Wildman–Crippen LogP) is 11.0. The fourth-order valence-electron chi connectivity index (χ4n) is 6.10. The molecule has 0 saturated heterocycles. The van der Waals surface area contributed by atoms with Gasteiger partial charge >= 0.3 is 0 Å². The molecule has 0 bridgehead atoms. The zero-order valence-corrected chi connectivity index (χ0v) is 25.3. The molecule has 5 aromatic carbocycles. The van der Waals surface area contributed by atoms with Gasteiger partial charge in [0.2, 0.25) is 0 Å². The Kier molecular flexibility index (Phi) is 5.95. The van der Waals surface area contributed by atoms with E-state index in [0.717, 1.165) is 11.0 Å². The molecule has 0 N–H and O–H groups in total. The van der Waals surface area contributed by atoms with Crippen LogP contribution in [0, 0.1) is 0 Å². The van der Waals surface area contributed by atoms with Crippen LogP contribution in [-0.2, 0) is 10.8 Å². The summed E-state index contributed by atoms with van der Waals surface area (Å²) in [6, 6.07) is 35.5. The van der Waals surface area contributed by atoms with Crippen molar-refractivity contribution >= 4 is 43.4 Å². The lowest BCUT2D eigenvalue weighted by molar-refractivity contribution is 0.591. The van der Waals surface area contributed by atoms with Crippen LogP contribution in [0.3, 0.4) is 0 Å². The molecule has 206 valence electrons. The fourth-order valence-corrected chi connectivity index (χ4v) is 6.10. The summed E-state index contributed by atoms with van der Waals surface area (Å²) in [6.45, 7) is 13.7. The molecule has 0 saturated carbocycles. The predicted molar refractivity (Wildman–Crippen MR) is 180 cm³/mol. The molecule has 0 unspecified atom stereocenters. The standard InChI is InChI=1S/C40H36N2/c1-39(2,3)29-19-33(37-35(21-29)31-16-9-7-12-27(31)23-41-37)25-14-11-15-26(18-25)34-20-30(40(4,5)6)22-36-32-17-10-8-13-28(32)24-42-38(34)36/h7-24H,1-6H3. The molecule has 0 atom stereocenters. The lowest BCUT2D eigenvalue weighted by Gasteiger charge is -2.23. The van der Waals surface area contributed by atoms with Gasteiger partial charge in [-0.1, -0.05) is 108 Å². The number of pyridine rings is 2. The van der Waals surface area contributed by atoms with Crippen LogP contribution in [0.2, 0.25) is 0 Å². The number of nitrogens with zero attached hydrogens (tertiary/aromatic N) is 2. The van der Waals surface area contributed by atoms with Crippen LogP contribution in [0.25, 0.3) is 65.6 Å². The van der Waals surface area contributed by atoms with Crippen LogP contribution in [0.1, 0.15) is 52.7 Å². The summed E-state index contributed by atoms with van der Waals surface area (Å²) in [5.41, 5.74) is 9.36. The monoisotopic (exact) mass is 544 g/mol. The number of benzene rings is 5. The summed E-state index contributed by atoms with van der Waals surface area (Å²) < 4.78 is 0. The average molecular weight is 545 g/mol. The Morgan fingerprint density at radius 3 is 1.29 bits per heavy atom. The molecular weight excluding hydrogens is 508 g/mol. The molecule has 0 fully saturated rings. The summed E-state index contributed by atoms with van der Waals surface area (Å²) in [5.74, 6) is 0. The highest BCUT2D eigenvalue weighted by atomic mass is 14.7. The van der Waals surface area contributed by atoms with Gasteiger partial charge in [-0.05, 0) is 74.2 Å². The Bertz CT molecular complexity index is 2000. The largest absolute Gasteiger partial charge is 0.255 e. The molecule has 0 aliphatic heterocycles.